The van der Waals surface area contributed by atoms with E-state index in [-0.39, 0.29) is 27.9 Å². The number of allylic oxidation sites excluding steroid dienone is 3. The summed E-state index contributed by atoms with van der Waals surface area (Å²) >= 11 is 7.81. The van der Waals surface area contributed by atoms with Gasteiger partial charge in [-0.2, -0.15) is 18.4 Å². The maximum Gasteiger partial charge on any atom is 0.416 e. The molecule has 1 aliphatic heterocycles. The highest BCUT2D eigenvalue weighted by molar-refractivity contribution is 7.12. The average molecular weight is 478 g/mol. The molecule has 9 heteroatoms. The van der Waals surface area contributed by atoms with Crippen LogP contribution in [0.4, 0.5) is 18.9 Å². The number of benzene rings is 1. The van der Waals surface area contributed by atoms with Crippen molar-refractivity contribution in [1.29, 1.82) is 5.26 Å². The zero-order valence-electron chi connectivity index (χ0n) is 17.1. The number of carbonyl (C=O) groups is 1. The topological polar surface area (TPSA) is 70.1 Å². The number of carbonyl (C=O) groups excluding carboxylic acids is 1. The molecule has 1 unspecified atom stereocenters. The van der Waals surface area contributed by atoms with Crippen LogP contribution in [0.2, 0.25) is 5.02 Å². The van der Waals surface area contributed by atoms with Gasteiger partial charge in [0.05, 0.1) is 33.8 Å². The fraction of sp³-hybridized carbons (Fsp3) is 0.304. The first-order valence-corrected chi connectivity index (χ1v) is 11.3. The molecule has 0 saturated carbocycles. The Hall–Kier alpha value is -2.76. The summed E-state index contributed by atoms with van der Waals surface area (Å²) in [5, 5.41) is 10.0. The number of aryl methyl sites for hydroxylation is 1. The molecule has 1 aromatic carbocycles. The highest BCUT2D eigenvalue weighted by Crippen LogP contribution is 2.49. The minimum Gasteiger partial charge on any atom is -0.384 e. The minimum absolute atomic E-state index is 0.00128. The fourth-order valence-electron chi connectivity index (χ4n) is 4.25. The van der Waals surface area contributed by atoms with Crippen molar-refractivity contribution in [2.75, 3.05) is 4.90 Å². The van der Waals surface area contributed by atoms with Crippen molar-refractivity contribution < 1.29 is 18.0 Å². The van der Waals surface area contributed by atoms with Crippen molar-refractivity contribution in [3.63, 3.8) is 0 Å². The maximum atomic E-state index is 13.4. The number of nitriles is 1. The molecule has 0 radical (unpaired) electrons. The molecule has 32 heavy (non-hydrogen) atoms. The van der Waals surface area contributed by atoms with E-state index < -0.39 is 17.7 Å². The number of anilines is 1. The lowest BCUT2D eigenvalue weighted by Crippen LogP contribution is -2.38. The van der Waals surface area contributed by atoms with Gasteiger partial charge in [0.15, 0.2) is 5.78 Å². The average Bonchev–Trinajstić information content (AvgIpc) is 3.22. The van der Waals surface area contributed by atoms with E-state index in [1.54, 1.807) is 0 Å². The van der Waals surface area contributed by atoms with Crippen LogP contribution in [-0.4, -0.2) is 5.78 Å². The van der Waals surface area contributed by atoms with E-state index in [0.717, 1.165) is 34.4 Å². The van der Waals surface area contributed by atoms with Gasteiger partial charge in [-0.1, -0.05) is 18.5 Å². The summed E-state index contributed by atoms with van der Waals surface area (Å²) in [5.74, 6) is -0.761. The number of Topliss-reactive ketones (excluding diaryl/α,β-unsaturated/α-hetero) is 1. The SMILES string of the molecule is CCc1ccc(C2C(C#N)=C(N)N(c3cc(C(F)(F)F)ccc3Cl)C3=C2C(=O)CCC3)s1. The molecule has 2 aliphatic rings. The van der Waals surface area contributed by atoms with Gasteiger partial charge in [-0.05, 0) is 49.6 Å². The van der Waals surface area contributed by atoms with E-state index in [2.05, 4.69) is 6.07 Å². The Kier molecular flexibility index (Phi) is 5.82. The zero-order chi connectivity index (χ0) is 23.2. The van der Waals surface area contributed by atoms with Crippen molar-refractivity contribution >= 4 is 34.4 Å². The molecule has 0 spiro atoms. The third kappa shape index (κ3) is 3.70. The lowest BCUT2D eigenvalue weighted by molar-refractivity contribution is -0.137. The number of alkyl halides is 3. The monoisotopic (exact) mass is 477 g/mol. The van der Waals surface area contributed by atoms with E-state index >= 15 is 0 Å². The van der Waals surface area contributed by atoms with Crippen molar-refractivity contribution in [2.24, 2.45) is 5.73 Å². The van der Waals surface area contributed by atoms with E-state index in [9.17, 15) is 23.2 Å². The van der Waals surface area contributed by atoms with Crippen molar-refractivity contribution in [2.45, 2.75) is 44.7 Å². The molecule has 0 saturated heterocycles. The smallest absolute Gasteiger partial charge is 0.384 e. The first kappa shape index (κ1) is 22.4. The molecule has 1 aliphatic carbocycles. The Morgan fingerprint density at radius 1 is 1.28 bits per heavy atom. The third-order valence-corrected chi connectivity index (χ3v) is 7.36. The summed E-state index contributed by atoms with van der Waals surface area (Å²) < 4.78 is 40.2. The Balaban J connectivity index is 1.97. The molecule has 0 fully saturated rings. The second kappa shape index (κ2) is 8.30. The summed E-state index contributed by atoms with van der Waals surface area (Å²) in [5.41, 5.74) is 6.60. The van der Waals surface area contributed by atoms with Crippen LogP contribution in [0.15, 0.2) is 53.0 Å². The number of ketones is 1. The standard InChI is InChI=1S/C23H19ClF3N3OS/c1-2-13-7-9-19(32-13)20-14(11-28)22(29)30(16-4-3-5-18(31)21(16)20)17-10-12(23(25,26)27)6-8-15(17)24/h6-10,20H,2-5,29H2,1H3. The van der Waals surface area contributed by atoms with E-state index in [0.29, 0.717) is 30.5 Å². The lowest BCUT2D eigenvalue weighted by atomic mass is 9.78. The van der Waals surface area contributed by atoms with Gasteiger partial charge >= 0.3 is 6.18 Å². The first-order valence-electron chi connectivity index (χ1n) is 10.1. The fourth-order valence-corrected chi connectivity index (χ4v) is 5.52. The van der Waals surface area contributed by atoms with Gasteiger partial charge < -0.3 is 5.73 Å². The van der Waals surface area contributed by atoms with E-state index in [4.69, 9.17) is 17.3 Å². The molecule has 2 N–H and O–H groups in total. The van der Waals surface area contributed by atoms with Gasteiger partial charge in [-0.25, -0.2) is 0 Å². The predicted octanol–water partition coefficient (Wildman–Crippen LogP) is 6.29. The molecular weight excluding hydrogens is 459 g/mol. The lowest BCUT2D eigenvalue weighted by Gasteiger charge is -2.39. The second-order valence-corrected chi connectivity index (χ2v) is 9.24. The van der Waals surface area contributed by atoms with Gasteiger partial charge in [0.2, 0.25) is 0 Å². The number of hydrogen-bond donors (Lipinski definition) is 1. The number of thiophene rings is 1. The largest absolute Gasteiger partial charge is 0.416 e. The van der Waals surface area contributed by atoms with Crippen LogP contribution < -0.4 is 10.6 Å². The predicted molar refractivity (Wildman–Crippen MR) is 118 cm³/mol. The van der Waals surface area contributed by atoms with Gasteiger partial charge in [-0.15, -0.1) is 11.3 Å². The normalized spacial score (nSPS) is 19.3. The molecule has 166 valence electrons. The molecule has 1 atom stereocenters. The molecule has 4 nitrogen and oxygen atoms in total. The highest BCUT2D eigenvalue weighted by atomic mass is 35.5. The van der Waals surface area contributed by atoms with Gasteiger partial charge in [0.25, 0.3) is 0 Å². The molecule has 2 aromatic rings. The number of nitrogens with zero attached hydrogens (tertiary/aromatic N) is 2. The summed E-state index contributed by atoms with van der Waals surface area (Å²) in [4.78, 5) is 16.4. The van der Waals surface area contributed by atoms with Crippen LogP contribution in [0, 0.1) is 11.3 Å². The Labute approximate surface area is 192 Å². The zero-order valence-corrected chi connectivity index (χ0v) is 18.7. The number of halogens is 4. The van der Waals surface area contributed by atoms with Gasteiger partial charge in [-0.3, -0.25) is 9.69 Å². The third-order valence-electron chi connectivity index (χ3n) is 5.74. The van der Waals surface area contributed by atoms with Gasteiger partial charge in [0, 0.05) is 27.4 Å². The first-order chi connectivity index (χ1) is 15.2. The Morgan fingerprint density at radius 2 is 2.03 bits per heavy atom. The van der Waals surface area contributed by atoms with E-state index in [1.807, 2.05) is 19.1 Å². The van der Waals surface area contributed by atoms with Gasteiger partial charge in [0.1, 0.15) is 5.82 Å². The molecule has 0 bridgehead atoms. The molecule has 2 heterocycles. The minimum atomic E-state index is -4.58. The van der Waals surface area contributed by atoms with Crippen LogP contribution in [-0.2, 0) is 17.4 Å². The van der Waals surface area contributed by atoms with Crippen LogP contribution in [0.1, 0.15) is 47.4 Å². The highest BCUT2D eigenvalue weighted by Gasteiger charge is 2.42. The molecule has 0 amide bonds. The summed E-state index contributed by atoms with van der Waals surface area (Å²) in [6.45, 7) is 2.01. The Bertz CT molecular complexity index is 1210. The van der Waals surface area contributed by atoms with E-state index in [1.165, 1.54) is 16.2 Å². The Morgan fingerprint density at radius 3 is 2.66 bits per heavy atom. The van der Waals surface area contributed by atoms with Crippen LogP contribution in [0.25, 0.3) is 0 Å². The molecule has 1 aromatic heterocycles. The summed E-state index contributed by atoms with van der Waals surface area (Å²) in [6, 6.07) is 8.91. The van der Waals surface area contributed by atoms with Crippen LogP contribution in [0.3, 0.4) is 0 Å². The number of nitrogens with two attached hydrogens (primary N) is 1. The number of rotatable bonds is 3. The summed E-state index contributed by atoms with van der Waals surface area (Å²) in [7, 11) is 0. The van der Waals surface area contributed by atoms with Crippen LogP contribution >= 0.6 is 22.9 Å². The molecular formula is C23H19ClF3N3OS. The number of hydrogen-bond acceptors (Lipinski definition) is 5. The maximum absolute atomic E-state index is 13.4. The molecule has 4 rings (SSSR count). The van der Waals surface area contributed by atoms with Crippen molar-refractivity contribution in [3.8, 4) is 6.07 Å². The quantitative estimate of drug-likeness (QED) is 0.564. The van der Waals surface area contributed by atoms with Crippen LogP contribution in [0.5, 0.6) is 0 Å². The van der Waals surface area contributed by atoms with Crippen molar-refractivity contribution in [3.05, 3.63) is 73.3 Å². The second-order valence-electron chi connectivity index (χ2n) is 7.64. The van der Waals surface area contributed by atoms with Crippen molar-refractivity contribution in [1.82, 2.24) is 0 Å². The summed E-state index contributed by atoms with van der Waals surface area (Å²) in [6.07, 6.45) is -2.48.